The fourth-order valence-corrected chi connectivity index (χ4v) is 1.80. The highest BCUT2D eigenvalue weighted by molar-refractivity contribution is 7.89. The first-order valence-corrected chi connectivity index (χ1v) is 6.93. The highest BCUT2D eigenvalue weighted by Crippen LogP contribution is 2.10. The molecule has 0 aliphatic heterocycles. The van der Waals surface area contributed by atoms with Crippen molar-refractivity contribution in [2.75, 3.05) is 6.61 Å². The fourth-order valence-electron chi connectivity index (χ4n) is 1.28. The van der Waals surface area contributed by atoms with Crippen LogP contribution in [-0.4, -0.2) is 21.0 Å². The largest absolute Gasteiger partial charge is 0.466 e. The molecule has 0 heterocycles. The molecule has 0 aliphatic carbocycles. The molecule has 0 aromatic heterocycles. The molecule has 2 N–H and O–H groups in total. The zero-order valence-corrected chi connectivity index (χ0v) is 10.8. The van der Waals surface area contributed by atoms with E-state index in [-0.39, 0.29) is 17.3 Å². The topological polar surface area (TPSA) is 86.5 Å². The summed E-state index contributed by atoms with van der Waals surface area (Å²) in [5.74, 6) is -0.296. The third-order valence-electron chi connectivity index (χ3n) is 2.11. The average molecular weight is 269 g/mol. The lowest BCUT2D eigenvalue weighted by atomic mass is 10.2. The number of ether oxygens (including phenoxy) is 1. The molecule has 5 nitrogen and oxygen atoms in total. The van der Waals surface area contributed by atoms with Gasteiger partial charge in [0.15, 0.2) is 0 Å². The van der Waals surface area contributed by atoms with Crippen LogP contribution in [0.1, 0.15) is 18.9 Å². The van der Waals surface area contributed by atoms with Gasteiger partial charge in [0.25, 0.3) is 0 Å². The maximum absolute atomic E-state index is 11.0. The van der Waals surface area contributed by atoms with Crippen LogP contribution >= 0.6 is 0 Å². The molecule has 0 aliphatic rings. The number of primary sulfonamides is 1. The van der Waals surface area contributed by atoms with Crippen molar-refractivity contribution in [3.63, 3.8) is 0 Å². The Kier molecular flexibility index (Phi) is 5.06. The summed E-state index contributed by atoms with van der Waals surface area (Å²) in [4.78, 5) is 11.1. The third-order valence-corrected chi connectivity index (χ3v) is 3.04. The van der Waals surface area contributed by atoms with Gasteiger partial charge in [-0.15, -0.1) is 0 Å². The number of carbonyl (C=O) groups is 1. The van der Waals surface area contributed by atoms with Crippen LogP contribution in [0.25, 0.3) is 6.08 Å². The van der Waals surface area contributed by atoms with Crippen molar-refractivity contribution >= 4 is 22.1 Å². The molecule has 0 bridgehead atoms. The highest BCUT2D eigenvalue weighted by atomic mass is 32.2. The van der Waals surface area contributed by atoms with Crippen molar-refractivity contribution in [2.24, 2.45) is 5.14 Å². The number of nitrogens with two attached hydrogens (primary N) is 1. The van der Waals surface area contributed by atoms with Crippen LogP contribution in [0.4, 0.5) is 0 Å². The Labute approximate surface area is 106 Å². The summed E-state index contributed by atoms with van der Waals surface area (Å²) in [6.07, 6.45) is 3.55. The number of rotatable bonds is 5. The lowest BCUT2D eigenvalue weighted by Crippen LogP contribution is -2.11. The molecule has 98 valence electrons. The van der Waals surface area contributed by atoms with Gasteiger partial charge in [0.05, 0.1) is 17.9 Å². The molecule has 0 unspecified atom stereocenters. The molecule has 0 spiro atoms. The Morgan fingerprint density at radius 3 is 2.44 bits per heavy atom. The molecule has 0 saturated heterocycles. The molecule has 0 radical (unpaired) electrons. The molecule has 6 heteroatoms. The van der Waals surface area contributed by atoms with Gasteiger partial charge in [0.1, 0.15) is 0 Å². The summed E-state index contributed by atoms with van der Waals surface area (Å²) in [7, 11) is -3.66. The SMILES string of the molecule is CCOC(=O)CC=Cc1ccc(S(N)(=O)=O)cc1. The molecule has 1 rings (SSSR count). The maximum atomic E-state index is 11.0. The standard InChI is InChI=1S/C12H15NO4S/c1-2-17-12(14)5-3-4-10-6-8-11(9-7-10)18(13,15)16/h3-4,6-9H,2,5H2,1H3,(H2,13,15,16). The normalized spacial score (nSPS) is 11.7. The second-order valence-corrected chi connectivity index (χ2v) is 5.09. The molecular weight excluding hydrogens is 254 g/mol. The first kappa shape index (κ1) is 14.4. The van der Waals surface area contributed by atoms with Gasteiger partial charge < -0.3 is 4.74 Å². The lowest BCUT2D eigenvalue weighted by Gasteiger charge is -1.99. The van der Waals surface area contributed by atoms with Gasteiger partial charge in [-0.3, -0.25) is 4.79 Å². The molecule has 0 amide bonds. The summed E-state index contributed by atoms with van der Waals surface area (Å²) in [5, 5.41) is 4.97. The Balaban J connectivity index is 2.64. The van der Waals surface area contributed by atoms with Gasteiger partial charge in [0.2, 0.25) is 10.0 Å². The van der Waals surface area contributed by atoms with E-state index in [4.69, 9.17) is 9.88 Å². The molecular formula is C12H15NO4S. The maximum Gasteiger partial charge on any atom is 0.309 e. The third kappa shape index (κ3) is 4.68. The van der Waals surface area contributed by atoms with Crippen molar-refractivity contribution in [3.8, 4) is 0 Å². The monoisotopic (exact) mass is 269 g/mol. The van der Waals surface area contributed by atoms with Crippen molar-refractivity contribution in [3.05, 3.63) is 35.9 Å². The van der Waals surface area contributed by atoms with Gasteiger partial charge in [-0.1, -0.05) is 24.3 Å². The van der Waals surface area contributed by atoms with Gasteiger partial charge in [-0.25, -0.2) is 13.6 Å². The van der Waals surface area contributed by atoms with Gasteiger partial charge >= 0.3 is 5.97 Å². The Morgan fingerprint density at radius 2 is 1.94 bits per heavy atom. The average Bonchev–Trinajstić information content (AvgIpc) is 2.29. The van der Waals surface area contributed by atoms with E-state index in [1.54, 1.807) is 31.2 Å². The Bertz CT molecular complexity index is 532. The lowest BCUT2D eigenvalue weighted by molar-refractivity contribution is -0.142. The van der Waals surface area contributed by atoms with Crippen LogP contribution in [0.3, 0.4) is 0 Å². The second kappa shape index (κ2) is 6.32. The first-order chi connectivity index (χ1) is 8.43. The van der Waals surface area contributed by atoms with Crippen molar-refractivity contribution in [1.82, 2.24) is 0 Å². The van der Waals surface area contributed by atoms with Crippen LogP contribution in [0.2, 0.25) is 0 Å². The minimum absolute atomic E-state index is 0.0602. The zero-order chi connectivity index (χ0) is 13.6. The summed E-state index contributed by atoms with van der Waals surface area (Å²) >= 11 is 0. The van der Waals surface area contributed by atoms with E-state index < -0.39 is 10.0 Å². The Morgan fingerprint density at radius 1 is 1.33 bits per heavy atom. The predicted molar refractivity (Wildman–Crippen MR) is 68.1 cm³/mol. The van der Waals surface area contributed by atoms with E-state index in [0.717, 1.165) is 5.56 Å². The molecule has 1 aromatic rings. The first-order valence-electron chi connectivity index (χ1n) is 5.38. The summed E-state index contributed by atoms with van der Waals surface area (Å²) in [6.45, 7) is 2.10. The van der Waals surface area contributed by atoms with Gasteiger partial charge in [-0.2, -0.15) is 0 Å². The van der Waals surface area contributed by atoms with Crippen molar-refractivity contribution < 1.29 is 17.9 Å². The second-order valence-electron chi connectivity index (χ2n) is 3.53. The highest BCUT2D eigenvalue weighted by Gasteiger charge is 2.05. The smallest absolute Gasteiger partial charge is 0.309 e. The van der Waals surface area contributed by atoms with E-state index in [1.807, 2.05) is 0 Å². The summed E-state index contributed by atoms with van der Waals surface area (Å²) < 4.78 is 26.8. The molecule has 1 aromatic carbocycles. The zero-order valence-electron chi connectivity index (χ0n) is 10.00. The van der Waals surface area contributed by atoms with E-state index in [0.29, 0.717) is 6.61 Å². The van der Waals surface area contributed by atoms with Crippen LogP contribution in [0, 0.1) is 0 Å². The molecule has 0 atom stereocenters. The minimum atomic E-state index is -3.66. The van der Waals surface area contributed by atoms with Crippen molar-refractivity contribution in [2.45, 2.75) is 18.2 Å². The fraction of sp³-hybridized carbons (Fsp3) is 0.250. The van der Waals surface area contributed by atoms with Crippen LogP contribution < -0.4 is 5.14 Å². The molecule has 18 heavy (non-hydrogen) atoms. The predicted octanol–water partition coefficient (Wildman–Crippen LogP) is 1.30. The molecule has 0 fully saturated rings. The van der Waals surface area contributed by atoms with E-state index in [2.05, 4.69) is 0 Å². The van der Waals surface area contributed by atoms with Crippen LogP contribution in [0.5, 0.6) is 0 Å². The van der Waals surface area contributed by atoms with Gasteiger partial charge in [0, 0.05) is 0 Å². The Hall–Kier alpha value is -1.66. The van der Waals surface area contributed by atoms with Crippen LogP contribution in [-0.2, 0) is 19.6 Å². The minimum Gasteiger partial charge on any atom is -0.466 e. The van der Waals surface area contributed by atoms with Crippen molar-refractivity contribution in [1.29, 1.82) is 0 Å². The molecule has 0 saturated carbocycles. The van der Waals surface area contributed by atoms with E-state index in [1.165, 1.54) is 12.1 Å². The number of benzene rings is 1. The van der Waals surface area contributed by atoms with Crippen LogP contribution in [0.15, 0.2) is 35.2 Å². The van der Waals surface area contributed by atoms with Gasteiger partial charge in [-0.05, 0) is 24.6 Å². The summed E-state index contributed by atoms with van der Waals surface area (Å²) in [5.41, 5.74) is 0.784. The number of hydrogen-bond acceptors (Lipinski definition) is 4. The van der Waals surface area contributed by atoms with E-state index >= 15 is 0 Å². The quantitative estimate of drug-likeness (QED) is 0.816. The number of esters is 1. The van der Waals surface area contributed by atoms with E-state index in [9.17, 15) is 13.2 Å². The number of carbonyl (C=O) groups excluding carboxylic acids is 1. The number of hydrogen-bond donors (Lipinski definition) is 1. The summed E-state index contributed by atoms with van der Waals surface area (Å²) in [6, 6.07) is 6.06. The number of sulfonamides is 1.